The second-order valence-electron chi connectivity index (χ2n) is 4.31. The van der Waals surface area contributed by atoms with Crippen molar-refractivity contribution in [3.63, 3.8) is 0 Å². The maximum Gasteiger partial charge on any atom is 0.103 e. The zero-order chi connectivity index (χ0) is 14.7. The highest BCUT2D eigenvalue weighted by Crippen LogP contribution is 2.27. The summed E-state index contributed by atoms with van der Waals surface area (Å²) in [5.41, 5.74) is 3.82. The van der Waals surface area contributed by atoms with E-state index in [1.165, 1.54) is 0 Å². The van der Waals surface area contributed by atoms with E-state index in [4.69, 9.17) is 5.26 Å². The van der Waals surface area contributed by atoms with Gasteiger partial charge in [-0.3, -0.25) is 4.98 Å². The molecule has 0 radical (unpaired) electrons. The maximum absolute atomic E-state index is 9.24. The highest BCUT2D eigenvalue weighted by molar-refractivity contribution is 9.10. The van der Waals surface area contributed by atoms with Crippen molar-refractivity contribution in [1.29, 1.82) is 10.5 Å². The number of anilines is 2. The van der Waals surface area contributed by atoms with E-state index < -0.39 is 0 Å². The summed E-state index contributed by atoms with van der Waals surface area (Å²) < 4.78 is 0.835. The Bertz CT molecular complexity index is 754. The van der Waals surface area contributed by atoms with Gasteiger partial charge in [0.05, 0.1) is 28.2 Å². The standard InChI is InChI=1S/C15H11BrN4/c1-9-5-15(13(8-18)10(2)19-9)20-14-4-3-12(16)6-11(14)7-17/h3-6H,1-2H3,(H,19,20). The lowest BCUT2D eigenvalue weighted by atomic mass is 10.1. The third-order valence-corrected chi connectivity index (χ3v) is 3.30. The fraction of sp³-hybridized carbons (Fsp3) is 0.133. The molecule has 0 atom stereocenters. The van der Waals surface area contributed by atoms with E-state index in [9.17, 15) is 5.26 Å². The minimum absolute atomic E-state index is 0.488. The van der Waals surface area contributed by atoms with Crippen molar-refractivity contribution < 1.29 is 0 Å². The first kappa shape index (κ1) is 14.0. The fourth-order valence-electron chi connectivity index (χ4n) is 1.93. The second-order valence-corrected chi connectivity index (χ2v) is 5.23. The molecule has 1 heterocycles. The van der Waals surface area contributed by atoms with Crippen molar-refractivity contribution >= 4 is 27.3 Å². The molecule has 0 amide bonds. The van der Waals surface area contributed by atoms with Crippen LogP contribution in [0.15, 0.2) is 28.7 Å². The number of nitrogens with zero attached hydrogens (tertiary/aromatic N) is 3. The molecule has 0 spiro atoms. The summed E-state index contributed by atoms with van der Waals surface area (Å²) in [6.07, 6.45) is 0. The van der Waals surface area contributed by atoms with Crippen molar-refractivity contribution in [2.24, 2.45) is 0 Å². The van der Waals surface area contributed by atoms with Crippen LogP contribution in [0.5, 0.6) is 0 Å². The molecule has 2 aromatic rings. The van der Waals surface area contributed by atoms with E-state index in [2.05, 4.69) is 38.4 Å². The Hall–Kier alpha value is -2.37. The zero-order valence-corrected chi connectivity index (χ0v) is 12.6. The Labute approximate surface area is 125 Å². The van der Waals surface area contributed by atoms with Crippen molar-refractivity contribution in [2.75, 3.05) is 5.32 Å². The number of rotatable bonds is 2. The number of hydrogen-bond donors (Lipinski definition) is 1. The molecule has 2 rings (SSSR count). The summed E-state index contributed by atoms with van der Waals surface area (Å²) in [5, 5.41) is 21.6. The molecule has 0 fully saturated rings. The minimum Gasteiger partial charge on any atom is -0.353 e. The smallest absolute Gasteiger partial charge is 0.103 e. The lowest BCUT2D eigenvalue weighted by molar-refractivity contribution is 1.11. The number of aromatic nitrogens is 1. The van der Waals surface area contributed by atoms with Gasteiger partial charge in [0.25, 0.3) is 0 Å². The first-order chi connectivity index (χ1) is 9.55. The van der Waals surface area contributed by atoms with E-state index in [0.717, 1.165) is 10.2 Å². The monoisotopic (exact) mass is 326 g/mol. The first-order valence-corrected chi connectivity index (χ1v) is 6.69. The molecule has 5 heteroatoms. The number of nitriles is 2. The molecule has 98 valence electrons. The number of halogens is 1. The van der Waals surface area contributed by atoms with Gasteiger partial charge in [0.1, 0.15) is 12.1 Å². The Morgan fingerprint density at radius 1 is 1.10 bits per heavy atom. The molecule has 0 unspecified atom stereocenters. The molecule has 4 nitrogen and oxygen atoms in total. The Balaban J connectivity index is 2.51. The van der Waals surface area contributed by atoms with Crippen molar-refractivity contribution in [1.82, 2.24) is 4.98 Å². The summed E-state index contributed by atoms with van der Waals surface area (Å²) in [4.78, 5) is 4.27. The predicted octanol–water partition coefficient (Wildman–Crippen LogP) is 3.95. The second kappa shape index (κ2) is 5.73. The van der Waals surface area contributed by atoms with Crippen molar-refractivity contribution in [2.45, 2.75) is 13.8 Å². The number of pyridine rings is 1. The van der Waals surface area contributed by atoms with Gasteiger partial charge in [-0.1, -0.05) is 15.9 Å². The van der Waals surface area contributed by atoms with Crippen LogP contribution in [0.4, 0.5) is 11.4 Å². The topological polar surface area (TPSA) is 72.5 Å². The summed E-state index contributed by atoms with van der Waals surface area (Å²) >= 11 is 3.33. The zero-order valence-electron chi connectivity index (χ0n) is 11.0. The van der Waals surface area contributed by atoms with Crippen LogP contribution in [0.2, 0.25) is 0 Å². The number of nitrogens with one attached hydrogen (secondary N) is 1. The van der Waals surface area contributed by atoms with Crippen LogP contribution in [0.1, 0.15) is 22.5 Å². The number of benzene rings is 1. The van der Waals surface area contributed by atoms with Crippen LogP contribution >= 0.6 is 15.9 Å². The van der Waals surface area contributed by atoms with Gasteiger partial charge in [0.15, 0.2) is 0 Å². The molecule has 0 aliphatic rings. The average Bonchev–Trinajstić information content (AvgIpc) is 2.40. The summed E-state index contributed by atoms with van der Waals surface area (Å²) in [7, 11) is 0. The maximum atomic E-state index is 9.24. The Kier molecular flexibility index (Phi) is 4.02. The molecule has 1 aromatic carbocycles. The van der Waals surface area contributed by atoms with Crippen molar-refractivity contribution in [3.05, 3.63) is 51.3 Å². The van der Waals surface area contributed by atoms with E-state index in [-0.39, 0.29) is 0 Å². The van der Waals surface area contributed by atoms with Gasteiger partial charge in [0, 0.05) is 10.2 Å². The van der Waals surface area contributed by atoms with E-state index in [1.54, 1.807) is 25.1 Å². The molecule has 0 bridgehead atoms. The average molecular weight is 327 g/mol. The first-order valence-electron chi connectivity index (χ1n) is 5.90. The van der Waals surface area contributed by atoms with Crippen LogP contribution in [0.25, 0.3) is 0 Å². The van der Waals surface area contributed by atoms with Gasteiger partial charge in [0.2, 0.25) is 0 Å². The van der Waals surface area contributed by atoms with Gasteiger partial charge < -0.3 is 5.32 Å². The number of aryl methyl sites for hydroxylation is 2. The summed E-state index contributed by atoms with van der Waals surface area (Å²) in [6, 6.07) is 11.5. The van der Waals surface area contributed by atoms with Gasteiger partial charge >= 0.3 is 0 Å². The van der Waals surface area contributed by atoms with Crippen molar-refractivity contribution in [3.8, 4) is 12.1 Å². The molecule has 0 aliphatic carbocycles. The largest absolute Gasteiger partial charge is 0.353 e. The van der Waals surface area contributed by atoms with Gasteiger partial charge in [-0.15, -0.1) is 0 Å². The highest BCUT2D eigenvalue weighted by Gasteiger charge is 2.10. The molecule has 0 saturated carbocycles. The third kappa shape index (κ3) is 2.79. The summed E-state index contributed by atoms with van der Waals surface area (Å²) in [5.74, 6) is 0. The van der Waals surface area contributed by atoms with Crippen LogP contribution < -0.4 is 5.32 Å². The van der Waals surface area contributed by atoms with E-state index in [0.29, 0.717) is 28.2 Å². The fourth-order valence-corrected chi connectivity index (χ4v) is 2.29. The molecule has 0 saturated heterocycles. The molecular formula is C15H11BrN4. The molecule has 1 N–H and O–H groups in total. The van der Waals surface area contributed by atoms with Crippen LogP contribution in [-0.4, -0.2) is 4.98 Å². The van der Waals surface area contributed by atoms with Crippen LogP contribution in [0, 0.1) is 36.5 Å². The lowest BCUT2D eigenvalue weighted by Crippen LogP contribution is -2.01. The number of hydrogen-bond acceptors (Lipinski definition) is 4. The quantitative estimate of drug-likeness (QED) is 0.906. The van der Waals surface area contributed by atoms with E-state index in [1.807, 2.05) is 13.0 Å². The predicted molar refractivity (Wildman–Crippen MR) is 80.6 cm³/mol. The lowest BCUT2D eigenvalue weighted by Gasteiger charge is -2.12. The van der Waals surface area contributed by atoms with Gasteiger partial charge in [-0.05, 0) is 38.1 Å². The van der Waals surface area contributed by atoms with E-state index >= 15 is 0 Å². The minimum atomic E-state index is 0.488. The third-order valence-electron chi connectivity index (χ3n) is 2.81. The Morgan fingerprint density at radius 2 is 1.85 bits per heavy atom. The van der Waals surface area contributed by atoms with Crippen LogP contribution in [0.3, 0.4) is 0 Å². The molecule has 1 aromatic heterocycles. The molecule has 20 heavy (non-hydrogen) atoms. The van der Waals surface area contributed by atoms with Crippen LogP contribution in [-0.2, 0) is 0 Å². The summed E-state index contributed by atoms with van der Waals surface area (Å²) in [6.45, 7) is 3.66. The Morgan fingerprint density at radius 3 is 2.50 bits per heavy atom. The molecule has 0 aliphatic heterocycles. The van der Waals surface area contributed by atoms with Gasteiger partial charge in [-0.25, -0.2) is 0 Å². The van der Waals surface area contributed by atoms with Gasteiger partial charge in [-0.2, -0.15) is 10.5 Å². The SMILES string of the molecule is Cc1cc(Nc2ccc(Br)cc2C#N)c(C#N)c(C)n1. The normalized spacial score (nSPS) is 9.65. The molecular weight excluding hydrogens is 316 g/mol. The highest BCUT2D eigenvalue weighted by atomic mass is 79.9.